The van der Waals surface area contributed by atoms with Gasteiger partial charge in [-0.3, -0.25) is 4.79 Å². The highest BCUT2D eigenvalue weighted by Crippen LogP contribution is 2.27. The summed E-state index contributed by atoms with van der Waals surface area (Å²) in [5.41, 5.74) is 3.06. The van der Waals surface area contributed by atoms with E-state index in [9.17, 15) is 4.79 Å². The molecule has 2 nitrogen and oxygen atoms in total. The maximum absolute atomic E-state index is 11.9. The Kier molecular flexibility index (Phi) is 2.42. The van der Waals surface area contributed by atoms with Crippen molar-refractivity contribution in [3.8, 4) is 0 Å². The van der Waals surface area contributed by atoms with Crippen LogP contribution in [0.15, 0.2) is 22.5 Å². The monoisotopic (exact) mass is 207 g/mol. The smallest absolute Gasteiger partial charge is 0.191 e. The Hall–Kier alpha value is -1.09. The lowest BCUT2D eigenvalue weighted by Gasteiger charge is -2.16. The third-order valence-electron chi connectivity index (χ3n) is 2.36. The minimum Gasteiger partial charge on any atom is -0.383 e. The molecule has 0 aliphatic heterocycles. The molecule has 0 unspecified atom stereocenters. The summed E-state index contributed by atoms with van der Waals surface area (Å²) in [5, 5.41) is 4.04. The number of hydrogen-bond acceptors (Lipinski definition) is 3. The molecular formula is C11H13NOS. The predicted octanol–water partition coefficient (Wildman–Crippen LogP) is 2.32. The molecule has 14 heavy (non-hydrogen) atoms. The fourth-order valence-electron chi connectivity index (χ4n) is 1.71. The van der Waals surface area contributed by atoms with E-state index >= 15 is 0 Å². The molecule has 0 radical (unpaired) electrons. The quantitative estimate of drug-likeness (QED) is 0.659. The van der Waals surface area contributed by atoms with Gasteiger partial charge in [0.15, 0.2) is 5.78 Å². The van der Waals surface area contributed by atoms with Crippen molar-refractivity contribution in [2.45, 2.75) is 12.8 Å². The molecule has 0 aromatic carbocycles. The number of nitrogens with zero attached hydrogens (tertiary/aromatic N) is 1. The van der Waals surface area contributed by atoms with Crippen LogP contribution in [0.1, 0.15) is 22.3 Å². The number of fused-ring (bicyclic) bond motifs is 1. The number of aryl methyl sites for hydroxylation is 1. The molecule has 1 aliphatic rings. The highest BCUT2D eigenvalue weighted by molar-refractivity contribution is 7.08. The van der Waals surface area contributed by atoms with Gasteiger partial charge in [0.2, 0.25) is 0 Å². The first-order valence-electron chi connectivity index (χ1n) is 4.65. The average molecular weight is 207 g/mol. The Morgan fingerprint density at radius 3 is 2.86 bits per heavy atom. The van der Waals surface area contributed by atoms with Crippen LogP contribution in [0.25, 0.3) is 0 Å². The fraction of sp³-hybridized carbons (Fsp3) is 0.364. The Morgan fingerprint density at radius 1 is 1.36 bits per heavy atom. The molecule has 0 N–H and O–H groups in total. The number of hydrogen-bond donors (Lipinski definition) is 0. The van der Waals surface area contributed by atoms with E-state index in [-0.39, 0.29) is 5.78 Å². The van der Waals surface area contributed by atoms with Crippen LogP contribution in [0.2, 0.25) is 0 Å². The summed E-state index contributed by atoms with van der Waals surface area (Å²) in [5.74, 6) is 0.209. The zero-order chi connectivity index (χ0) is 10.1. The molecule has 74 valence electrons. The lowest BCUT2D eigenvalue weighted by Crippen LogP contribution is -2.15. The maximum Gasteiger partial charge on any atom is 0.191 e. The zero-order valence-corrected chi connectivity index (χ0v) is 9.23. The van der Waals surface area contributed by atoms with Gasteiger partial charge >= 0.3 is 0 Å². The van der Waals surface area contributed by atoms with Crippen molar-refractivity contribution >= 4 is 17.1 Å². The Labute approximate surface area is 87.9 Å². The number of Topliss-reactive ketones (excluding diaryl/α,β-unsaturated/α-hetero) is 1. The van der Waals surface area contributed by atoms with Gasteiger partial charge in [0.25, 0.3) is 0 Å². The van der Waals surface area contributed by atoms with Crippen molar-refractivity contribution in [2.24, 2.45) is 0 Å². The summed E-state index contributed by atoms with van der Waals surface area (Å²) < 4.78 is 0. The van der Waals surface area contributed by atoms with Crippen molar-refractivity contribution in [1.82, 2.24) is 4.90 Å². The normalized spacial score (nSPS) is 18.4. The van der Waals surface area contributed by atoms with Crippen molar-refractivity contribution in [1.29, 1.82) is 0 Å². The van der Waals surface area contributed by atoms with E-state index in [4.69, 9.17) is 0 Å². The second-order valence-electron chi connectivity index (χ2n) is 3.76. The van der Waals surface area contributed by atoms with E-state index < -0.39 is 0 Å². The van der Waals surface area contributed by atoms with Gasteiger partial charge in [-0.25, -0.2) is 0 Å². The fourth-order valence-corrected chi connectivity index (χ4v) is 2.58. The third kappa shape index (κ3) is 1.60. The first-order valence-corrected chi connectivity index (χ1v) is 5.59. The summed E-state index contributed by atoms with van der Waals surface area (Å²) in [7, 11) is 3.90. The minimum absolute atomic E-state index is 0.209. The number of ketones is 1. The molecule has 3 heteroatoms. The summed E-state index contributed by atoms with van der Waals surface area (Å²) >= 11 is 1.62. The van der Waals surface area contributed by atoms with Gasteiger partial charge in [0, 0.05) is 36.8 Å². The molecule has 1 aliphatic carbocycles. The minimum atomic E-state index is 0.209. The van der Waals surface area contributed by atoms with Crippen molar-refractivity contribution in [3.63, 3.8) is 0 Å². The van der Waals surface area contributed by atoms with E-state index in [0.29, 0.717) is 0 Å². The molecule has 1 heterocycles. The molecule has 0 bridgehead atoms. The molecule has 0 saturated heterocycles. The Morgan fingerprint density at radius 2 is 2.14 bits per heavy atom. The molecule has 0 fully saturated rings. The predicted molar refractivity (Wildman–Crippen MR) is 58.7 cm³/mol. The molecule has 1 aromatic heterocycles. The van der Waals surface area contributed by atoms with Crippen LogP contribution >= 0.6 is 11.3 Å². The lowest BCUT2D eigenvalue weighted by molar-refractivity contribution is 0.102. The van der Waals surface area contributed by atoms with Crippen molar-refractivity contribution in [2.75, 3.05) is 14.1 Å². The molecule has 0 saturated carbocycles. The van der Waals surface area contributed by atoms with Crippen LogP contribution in [0.3, 0.4) is 0 Å². The maximum atomic E-state index is 11.9. The van der Waals surface area contributed by atoms with Crippen LogP contribution in [0.5, 0.6) is 0 Å². The van der Waals surface area contributed by atoms with E-state index in [0.717, 1.165) is 24.0 Å². The van der Waals surface area contributed by atoms with E-state index in [1.54, 1.807) is 11.3 Å². The van der Waals surface area contributed by atoms with Gasteiger partial charge in [-0.1, -0.05) is 0 Å². The van der Waals surface area contributed by atoms with Crippen LogP contribution in [0.4, 0.5) is 0 Å². The van der Waals surface area contributed by atoms with E-state index in [1.807, 2.05) is 30.6 Å². The van der Waals surface area contributed by atoms with Crippen molar-refractivity contribution < 1.29 is 4.79 Å². The summed E-state index contributed by atoms with van der Waals surface area (Å²) in [4.78, 5) is 13.9. The second kappa shape index (κ2) is 3.58. The zero-order valence-electron chi connectivity index (χ0n) is 8.41. The standard InChI is InChI=1S/C11H13NOS/c1-12(2)5-8-3-4-9-6-14-7-10(9)11(8)13/h5-7H,3-4H2,1-2H3/b8-5+. The van der Waals surface area contributed by atoms with Crippen molar-refractivity contribution in [3.05, 3.63) is 33.7 Å². The Bertz CT molecular complexity index is 390. The Balaban J connectivity index is 2.34. The molecule has 0 atom stereocenters. The van der Waals surface area contributed by atoms with Gasteiger partial charge in [-0.2, -0.15) is 11.3 Å². The largest absolute Gasteiger partial charge is 0.383 e. The molecule has 1 aromatic rings. The van der Waals surface area contributed by atoms with Crippen LogP contribution in [-0.2, 0) is 6.42 Å². The highest BCUT2D eigenvalue weighted by Gasteiger charge is 2.22. The van der Waals surface area contributed by atoms with E-state index in [1.165, 1.54) is 5.56 Å². The number of rotatable bonds is 1. The first kappa shape index (κ1) is 9.46. The first-order chi connectivity index (χ1) is 6.68. The molecule has 0 spiro atoms. The number of thiophene rings is 1. The number of carbonyl (C=O) groups is 1. The van der Waals surface area contributed by atoms with E-state index in [2.05, 4.69) is 5.38 Å². The van der Waals surface area contributed by atoms with Crippen LogP contribution in [-0.4, -0.2) is 24.8 Å². The number of allylic oxidation sites excluding steroid dienone is 1. The second-order valence-corrected chi connectivity index (χ2v) is 4.50. The summed E-state index contributed by atoms with van der Waals surface area (Å²) in [6.45, 7) is 0. The van der Waals surface area contributed by atoms with Crippen LogP contribution < -0.4 is 0 Å². The molecule has 2 rings (SSSR count). The van der Waals surface area contributed by atoms with Crippen LogP contribution in [0, 0.1) is 0 Å². The average Bonchev–Trinajstić information content (AvgIpc) is 2.57. The summed E-state index contributed by atoms with van der Waals surface area (Å²) in [6.07, 6.45) is 3.81. The van der Waals surface area contributed by atoms with Gasteiger partial charge in [0.1, 0.15) is 0 Å². The van der Waals surface area contributed by atoms with Gasteiger partial charge < -0.3 is 4.90 Å². The third-order valence-corrected chi connectivity index (χ3v) is 3.15. The SMILES string of the molecule is CN(C)/C=C1\CCc2cscc2C1=O. The molecular weight excluding hydrogens is 194 g/mol. The topological polar surface area (TPSA) is 20.3 Å². The number of carbonyl (C=O) groups excluding carboxylic acids is 1. The summed E-state index contributed by atoms with van der Waals surface area (Å²) in [6, 6.07) is 0. The van der Waals surface area contributed by atoms with Gasteiger partial charge in [-0.05, 0) is 23.8 Å². The lowest BCUT2D eigenvalue weighted by atomic mass is 9.90. The molecule has 0 amide bonds. The highest BCUT2D eigenvalue weighted by atomic mass is 32.1. The van der Waals surface area contributed by atoms with Gasteiger partial charge in [-0.15, -0.1) is 0 Å². The van der Waals surface area contributed by atoms with Gasteiger partial charge in [0.05, 0.1) is 0 Å².